The van der Waals surface area contributed by atoms with Gasteiger partial charge in [0.1, 0.15) is 11.3 Å². The zero-order valence-electron chi connectivity index (χ0n) is 16.0. The Morgan fingerprint density at radius 2 is 1.96 bits per heavy atom. The Morgan fingerprint density at radius 1 is 1.26 bits per heavy atom. The molecule has 1 heterocycles. The molecule has 2 saturated carbocycles. The van der Waals surface area contributed by atoms with Crippen LogP contribution in [-0.2, 0) is 5.41 Å². The third-order valence-corrected chi connectivity index (χ3v) is 6.17. The van der Waals surface area contributed by atoms with Crippen molar-refractivity contribution >= 4 is 17.6 Å². The van der Waals surface area contributed by atoms with E-state index in [9.17, 15) is 4.79 Å². The summed E-state index contributed by atoms with van der Waals surface area (Å²) in [6.07, 6.45) is 4.09. The van der Waals surface area contributed by atoms with Gasteiger partial charge < -0.3 is 20.3 Å². The second kappa shape index (κ2) is 6.92. The van der Waals surface area contributed by atoms with Crippen molar-refractivity contribution in [3.8, 4) is 17.6 Å². The van der Waals surface area contributed by atoms with Gasteiger partial charge in [0.05, 0.1) is 12.1 Å². The van der Waals surface area contributed by atoms with Gasteiger partial charge in [-0.2, -0.15) is 0 Å². The number of nitrogens with zero attached hydrogens (tertiary/aromatic N) is 1. The van der Waals surface area contributed by atoms with Gasteiger partial charge in [-0.25, -0.2) is 4.79 Å². The van der Waals surface area contributed by atoms with E-state index in [2.05, 4.69) is 29.4 Å². The second-order valence-electron chi connectivity index (χ2n) is 8.09. The van der Waals surface area contributed by atoms with Crippen molar-refractivity contribution in [1.82, 2.24) is 15.5 Å². The van der Waals surface area contributed by atoms with Crippen molar-refractivity contribution in [2.45, 2.75) is 43.6 Å². The monoisotopic (exact) mass is 387 g/mol. The number of benzene rings is 1. The predicted molar refractivity (Wildman–Crippen MR) is 106 cm³/mol. The maximum absolute atomic E-state index is 12.5. The number of ether oxygens (including phenoxy) is 1. The molecule has 0 radical (unpaired) electrons. The van der Waals surface area contributed by atoms with Crippen LogP contribution in [0.4, 0.5) is 4.79 Å². The van der Waals surface area contributed by atoms with Crippen LogP contribution in [0.1, 0.15) is 43.7 Å². The highest BCUT2D eigenvalue weighted by molar-refractivity contribution is 6.32. The van der Waals surface area contributed by atoms with Gasteiger partial charge in [-0.1, -0.05) is 30.4 Å². The summed E-state index contributed by atoms with van der Waals surface area (Å²) >= 11 is 6.35. The highest BCUT2D eigenvalue weighted by atomic mass is 35.5. The van der Waals surface area contributed by atoms with E-state index in [1.807, 2.05) is 17.0 Å². The molecule has 4 rings (SSSR count). The number of carbonyl (C=O) groups excluding carboxylic acids is 1. The van der Waals surface area contributed by atoms with Crippen LogP contribution in [0.2, 0.25) is 5.02 Å². The molecule has 0 unspecified atom stereocenters. The first kappa shape index (κ1) is 18.5. The van der Waals surface area contributed by atoms with Crippen LogP contribution >= 0.6 is 11.6 Å². The first-order valence-electron chi connectivity index (χ1n) is 9.64. The van der Waals surface area contributed by atoms with Crippen LogP contribution < -0.4 is 15.4 Å². The molecule has 2 N–H and O–H groups in total. The summed E-state index contributed by atoms with van der Waals surface area (Å²) < 4.78 is 5.38. The summed E-state index contributed by atoms with van der Waals surface area (Å²) in [5.74, 6) is 7.33. The number of carbonyl (C=O) groups is 1. The molecule has 0 spiro atoms. The van der Waals surface area contributed by atoms with E-state index in [1.165, 1.54) is 5.56 Å². The van der Waals surface area contributed by atoms with Gasteiger partial charge in [0.15, 0.2) is 0 Å². The fraction of sp³-hybridized carbons (Fsp3) is 0.571. The fourth-order valence-electron chi connectivity index (χ4n) is 3.51. The maximum Gasteiger partial charge on any atom is 0.318 e. The van der Waals surface area contributed by atoms with E-state index in [0.29, 0.717) is 10.8 Å². The number of rotatable bonds is 3. The first-order valence-corrected chi connectivity index (χ1v) is 10.0. The Morgan fingerprint density at radius 3 is 2.56 bits per heavy atom. The van der Waals surface area contributed by atoms with Crippen LogP contribution in [0, 0.1) is 11.8 Å². The van der Waals surface area contributed by atoms with Crippen LogP contribution in [0.25, 0.3) is 0 Å². The Labute approximate surface area is 165 Å². The number of hydrogen-bond donors (Lipinski definition) is 2. The number of urea groups is 1. The quantitative estimate of drug-likeness (QED) is 0.784. The van der Waals surface area contributed by atoms with Gasteiger partial charge in [-0.05, 0) is 48.8 Å². The number of nitrogens with one attached hydrogen (secondary N) is 2. The zero-order valence-corrected chi connectivity index (χ0v) is 16.7. The third kappa shape index (κ3) is 3.88. The molecule has 6 heteroatoms. The molecule has 1 saturated heterocycles. The lowest BCUT2D eigenvalue weighted by molar-refractivity contribution is 0.187. The molecule has 1 aromatic rings. The lowest BCUT2D eigenvalue weighted by Crippen LogP contribution is -2.52. The number of piperazine rings is 1. The van der Waals surface area contributed by atoms with Crippen LogP contribution in [0.15, 0.2) is 12.1 Å². The summed E-state index contributed by atoms with van der Waals surface area (Å²) in [6.45, 7) is 5.42. The third-order valence-electron chi connectivity index (χ3n) is 5.88. The minimum Gasteiger partial charge on any atom is -0.495 e. The summed E-state index contributed by atoms with van der Waals surface area (Å²) in [5.41, 5.74) is 1.90. The van der Waals surface area contributed by atoms with Crippen molar-refractivity contribution in [1.29, 1.82) is 0 Å². The molecule has 3 fully saturated rings. The summed E-state index contributed by atoms with van der Waals surface area (Å²) in [5, 5.41) is 7.04. The number of methoxy groups -OCH3 is 1. The van der Waals surface area contributed by atoms with E-state index < -0.39 is 5.54 Å². The molecule has 144 valence electrons. The predicted octanol–water partition coefficient (Wildman–Crippen LogP) is 2.90. The van der Waals surface area contributed by atoms with Crippen molar-refractivity contribution in [2.24, 2.45) is 0 Å². The number of hydrogen-bond acceptors (Lipinski definition) is 3. The lowest BCUT2D eigenvalue weighted by atomic mass is 9.93. The first-order chi connectivity index (χ1) is 12.9. The Hall–Kier alpha value is -1.90. The largest absolute Gasteiger partial charge is 0.495 e. The van der Waals surface area contributed by atoms with Gasteiger partial charge in [-0.15, -0.1) is 0 Å². The molecule has 1 aliphatic heterocycles. The Bertz CT molecular complexity index is 813. The molecule has 0 atom stereocenters. The van der Waals surface area contributed by atoms with Crippen LogP contribution in [-0.4, -0.2) is 49.8 Å². The van der Waals surface area contributed by atoms with E-state index in [0.717, 1.165) is 57.4 Å². The van der Waals surface area contributed by atoms with Crippen molar-refractivity contribution in [2.75, 3.05) is 33.3 Å². The Kier molecular flexibility index (Phi) is 4.73. The highest BCUT2D eigenvalue weighted by Gasteiger charge is 2.44. The Balaban J connectivity index is 1.56. The normalized spacial score (nSPS) is 21.7. The van der Waals surface area contributed by atoms with E-state index in [4.69, 9.17) is 16.3 Å². The van der Waals surface area contributed by atoms with E-state index in [-0.39, 0.29) is 11.4 Å². The minimum atomic E-state index is -0.392. The van der Waals surface area contributed by atoms with Crippen molar-refractivity contribution in [3.05, 3.63) is 28.3 Å². The van der Waals surface area contributed by atoms with Crippen molar-refractivity contribution < 1.29 is 9.53 Å². The van der Waals surface area contributed by atoms with Crippen molar-refractivity contribution in [3.63, 3.8) is 0 Å². The molecular weight excluding hydrogens is 362 g/mol. The van der Waals surface area contributed by atoms with Crippen LogP contribution in [0.3, 0.4) is 0 Å². The standard InChI is InChI=1S/C21H26ClN3O2/c1-20(5-6-20)16-14-17(22)18(27-2)13-15(16)3-4-21(7-8-21)24-19(26)25-11-9-23-10-12-25/h13-14,23H,5-12H2,1-2H3,(H,24,26). The zero-order chi connectivity index (χ0) is 19.1. The van der Waals surface area contributed by atoms with E-state index in [1.54, 1.807) is 7.11 Å². The summed E-state index contributed by atoms with van der Waals surface area (Å²) in [6, 6.07) is 3.92. The van der Waals surface area contributed by atoms with Gasteiger partial charge in [0.2, 0.25) is 0 Å². The topological polar surface area (TPSA) is 53.6 Å². The SMILES string of the molecule is COc1cc(C#CC2(NC(=O)N3CCNCC3)CC2)c(C2(C)CC2)cc1Cl. The van der Waals surface area contributed by atoms with Gasteiger partial charge in [-0.3, -0.25) is 0 Å². The fourth-order valence-corrected chi connectivity index (χ4v) is 3.76. The molecule has 1 aromatic carbocycles. The van der Waals surface area contributed by atoms with Gasteiger partial charge in [0, 0.05) is 31.7 Å². The molecule has 2 amide bonds. The molecule has 0 bridgehead atoms. The minimum absolute atomic E-state index is 0.00800. The van der Waals surface area contributed by atoms with Gasteiger partial charge >= 0.3 is 6.03 Å². The molecule has 2 aliphatic carbocycles. The average molecular weight is 388 g/mol. The highest BCUT2D eigenvalue weighted by Crippen LogP contribution is 2.50. The molecule has 3 aliphatic rings. The van der Waals surface area contributed by atoms with Gasteiger partial charge in [0.25, 0.3) is 0 Å². The second-order valence-corrected chi connectivity index (χ2v) is 8.50. The number of amides is 2. The summed E-state index contributed by atoms with van der Waals surface area (Å²) in [7, 11) is 1.62. The molecular formula is C21H26ClN3O2. The van der Waals surface area contributed by atoms with E-state index >= 15 is 0 Å². The number of halogens is 1. The molecule has 0 aromatic heterocycles. The molecule has 27 heavy (non-hydrogen) atoms. The molecule has 5 nitrogen and oxygen atoms in total. The van der Waals surface area contributed by atoms with Crippen LogP contribution in [0.5, 0.6) is 5.75 Å². The average Bonchev–Trinajstić information content (AvgIpc) is 3.60. The maximum atomic E-state index is 12.5. The lowest BCUT2D eigenvalue weighted by Gasteiger charge is -2.28. The summed E-state index contributed by atoms with van der Waals surface area (Å²) in [4.78, 5) is 14.4. The smallest absolute Gasteiger partial charge is 0.318 e.